The van der Waals surface area contributed by atoms with E-state index in [9.17, 15) is 5.11 Å². The van der Waals surface area contributed by atoms with Crippen LogP contribution in [0.1, 0.15) is 95.1 Å². The molecule has 0 fully saturated rings. The third-order valence-corrected chi connectivity index (χ3v) is 6.02. The minimum Gasteiger partial charge on any atom is -0.494 e. The van der Waals surface area contributed by atoms with Crippen LogP contribution in [0.3, 0.4) is 0 Å². The van der Waals surface area contributed by atoms with E-state index in [1.54, 1.807) is 0 Å². The number of aliphatic hydroxyl groups excluding tert-OH is 1. The fraction of sp³-hybridized carbons (Fsp3) is 0.586. The Morgan fingerprint density at radius 1 is 0.719 bits per heavy atom. The standard InChI is InChI=1S/C29H45NO2/c1-2-3-4-5-6-7-8-9-10-11-12-13-22-32-29-19-15-16-26(24-29)20-21-30-28-18-14-17-27(23-28)25-31/h14-19,23-24,30-31H,2-13,20-22,25H2,1H3. The molecule has 0 unspecified atom stereocenters. The van der Waals surface area contributed by atoms with Crippen molar-refractivity contribution in [1.29, 1.82) is 0 Å². The number of hydrogen-bond donors (Lipinski definition) is 2. The summed E-state index contributed by atoms with van der Waals surface area (Å²) in [7, 11) is 0. The summed E-state index contributed by atoms with van der Waals surface area (Å²) >= 11 is 0. The van der Waals surface area contributed by atoms with Gasteiger partial charge >= 0.3 is 0 Å². The number of hydrogen-bond acceptors (Lipinski definition) is 3. The maximum Gasteiger partial charge on any atom is 0.119 e. The molecule has 2 rings (SSSR count). The molecule has 0 atom stereocenters. The lowest BCUT2D eigenvalue weighted by atomic mass is 10.1. The van der Waals surface area contributed by atoms with Gasteiger partial charge in [-0.05, 0) is 48.2 Å². The van der Waals surface area contributed by atoms with Crippen molar-refractivity contribution in [1.82, 2.24) is 0 Å². The molecular weight excluding hydrogens is 394 g/mol. The van der Waals surface area contributed by atoms with Crippen LogP contribution in [0.25, 0.3) is 0 Å². The van der Waals surface area contributed by atoms with Crippen LogP contribution in [-0.2, 0) is 13.0 Å². The highest BCUT2D eigenvalue weighted by Gasteiger charge is 2.00. The third-order valence-electron chi connectivity index (χ3n) is 6.02. The highest BCUT2D eigenvalue weighted by atomic mass is 16.5. The maximum atomic E-state index is 9.25. The molecule has 0 radical (unpaired) electrons. The van der Waals surface area contributed by atoms with Crippen molar-refractivity contribution in [2.75, 3.05) is 18.5 Å². The quantitative estimate of drug-likeness (QED) is 0.218. The van der Waals surface area contributed by atoms with Gasteiger partial charge in [-0.25, -0.2) is 0 Å². The van der Waals surface area contributed by atoms with Gasteiger partial charge in [0.05, 0.1) is 13.2 Å². The van der Waals surface area contributed by atoms with Crippen molar-refractivity contribution < 1.29 is 9.84 Å². The molecule has 0 saturated carbocycles. The van der Waals surface area contributed by atoms with Crippen molar-refractivity contribution in [3.8, 4) is 5.75 Å². The summed E-state index contributed by atoms with van der Waals surface area (Å²) in [6, 6.07) is 16.4. The van der Waals surface area contributed by atoms with E-state index in [1.165, 1.54) is 76.2 Å². The molecule has 0 saturated heterocycles. The maximum absolute atomic E-state index is 9.25. The minimum atomic E-state index is 0.0775. The van der Waals surface area contributed by atoms with Gasteiger partial charge in [0.15, 0.2) is 0 Å². The Morgan fingerprint density at radius 2 is 1.34 bits per heavy atom. The molecule has 0 spiro atoms. The topological polar surface area (TPSA) is 41.5 Å². The Hall–Kier alpha value is -2.00. The molecule has 3 nitrogen and oxygen atoms in total. The number of ether oxygens (including phenoxy) is 1. The number of anilines is 1. The SMILES string of the molecule is CCCCCCCCCCCCCCOc1cccc(CCNc2cccc(CO)c2)c1. The average molecular weight is 440 g/mol. The predicted octanol–water partition coefficient (Wildman–Crippen LogP) is 7.91. The molecule has 0 aliphatic heterocycles. The van der Waals surface area contributed by atoms with Crippen molar-refractivity contribution in [2.45, 2.75) is 97.0 Å². The number of nitrogens with one attached hydrogen (secondary N) is 1. The van der Waals surface area contributed by atoms with E-state index < -0.39 is 0 Å². The Balaban J connectivity index is 1.49. The molecule has 2 aromatic rings. The number of benzene rings is 2. The minimum absolute atomic E-state index is 0.0775. The molecule has 2 aromatic carbocycles. The van der Waals surface area contributed by atoms with Gasteiger partial charge in [0.2, 0.25) is 0 Å². The molecular formula is C29H45NO2. The van der Waals surface area contributed by atoms with E-state index in [4.69, 9.17) is 4.74 Å². The van der Waals surface area contributed by atoms with Gasteiger partial charge in [-0.1, -0.05) is 102 Å². The van der Waals surface area contributed by atoms with Crippen LogP contribution >= 0.6 is 0 Å². The normalized spacial score (nSPS) is 10.9. The van der Waals surface area contributed by atoms with Crippen LogP contribution in [-0.4, -0.2) is 18.3 Å². The Bertz CT molecular complexity index is 716. The summed E-state index contributed by atoms with van der Waals surface area (Å²) in [5.41, 5.74) is 3.27. The van der Waals surface area contributed by atoms with Gasteiger partial charge in [0.25, 0.3) is 0 Å². The molecule has 0 amide bonds. The summed E-state index contributed by atoms with van der Waals surface area (Å²) in [4.78, 5) is 0. The average Bonchev–Trinajstić information content (AvgIpc) is 2.82. The first-order chi connectivity index (χ1) is 15.8. The van der Waals surface area contributed by atoms with E-state index in [-0.39, 0.29) is 6.61 Å². The van der Waals surface area contributed by atoms with Crippen molar-refractivity contribution >= 4 is 5.69 Å². The lowest BCUT2D eigenvalue weighted by Crippen LogP contribution is -2.05. The second kappa shape index (κ2) is 17.5. The van der Waals surface area contributed by atoms with Crippen LogP contribution in [0.15, 0.2) is 48.5 Å². The van der Waals surface area contributed by atoms with E-state index in [2.05, 4.69) is 36.5 Å². The van der Waals surface area contributed by atoms with E-state index >= 15 is 0 Å². The van der Waals surface area contributed by atoms with Gasteiger partial charge in [-0.3, -0.25) is 0 Å². The molecule has 0 aromatic heterocycles. The van der Waals surface area contributed by atoms with Crippen molar-refractivity contribution in [2.24, 2.45) is 0 Å². The second-order valence-corrected chi connectivity index (χ2v) is 8.92. The Morgan fingerprint density at radius 3 is 2.03 bits per heavy atom. The first kappa shape index (κ1) is 26.3. The van der Waals surface area contributed by atoms with Crippen molar-refractivity contribution in [3.05, 3.63) is 59.7 Å². The number of unbranched alkanes of at least 4 members (excludes halogenated alkanes) is 11. The highest BCUT2D eigenvalue weighted by Crippen LogP contribution is 2.16. The predicted molar refractivity (Wildman–Crippen MR) is 138 cm³/mol. The molecule has 32 heavy (non-hydrogen) atoms. The second-order valence-electron chi connectivity index (χ2n) is 8.92. The largest absolute Gasteiger partial charge is 0.494 e. The lowest BCUT2D eigenvalue weighted by molar-refractivity contribution is 0.282. The fourth-order valence-corrected chi connectivity index (χ4v) is 4.05. The van der Waals surface area contributed by atoms with Gasteiger partial charge < -0.3 is 15.2 Å². The molecule has 0 aliphatic rings. The van der Waals surface area contributed by atoms with Crippen LogP contribution in [0, 0.1) is 0 Å². The lowest BCUT2D eigenvalue weighted by Gasteiger charge is -2.10. The smallest absolute Gasteiger partial charge is 0.119 e. The van der Waals surface area contributed by atoms with Gasteiger partial charge in [-0.15, -0.1) is 0 Å². The van der Waals surface area contributed by atoms with Crippen LogP contribution in [0.2, 0.25) is 0 Å². The van der Waals surface area contributed by atoms with Gasteiger partial charge in [0.1, 0.15) is 5.75 Å². The fourth-order valence-electron chi connectivity index (χ4n) is 4.05. The number of aliphatic hydroxyl groups is 1. The summed E-state index contributed by atoms with van der Waals surface area (Å²) in [5.74, 6) is 0.979. The van der Waals surface area contributed by atoms with E-state index in [0.29, 0.717) is 0 Å². The number of rotatable bonds is 19. The van der Waals surface area contributed by atoms with Crippen LogP contribution in [0.5, 0.6) is 5.75 Å². The monoisotopic (exact) mass is 439 g/mol. The van der Waals surface area contributed by atoms with E-state index in [0.717, 1.165) is 43.0 Å². The Labute approximate surface area is 196 Å². The zero-order chi connectivity index (χ0) is 22.7. The summed E-state index contributed by atoms with van der Waals surface area (Å²) in [6.07, 6.45) is 17.3. The molecule has 3 heteroatoms. The highest BCUT2D eigenvalue weighted by molar-refractivity contribution is 5.45. The third kappa shape index (κ3) is 12.1. The molecule has 2 N–H and O–H groups in total. The summed E-state index contributed by atoms with van der Waals surface area (Å²) in [6.45, 7) is 4.03. The summed E-state index contributed by atoms with van der Waals surface area (Å²) in [5, 5.41) is 12.7. The first-order valence-electron chi connectivity index (χ1n) is 13.0. The molecule has 178 valence electrons. The van der Waals surface area contributed by atoms with Crippen molar-refractivity contribution in [3.63, 3.8) is 0 Å². The van der Waals surface area contributed by atoms with E-state index in [1.807, 2.05) is 24.3 Å². The summed E-state index contributed by atoms with van der Waals surface area (Å²) < 4.78 is 5.99. The van der Waals surface area contributed by atoms with Crippen LogP contribution < -0.4 is 10.1 Å². The molecule has 0 aliphatic carbocycles. The first-order valence-corrected chi connectivity index (χ1v) is 13.0. The zero-order valence-electron chi connectivity index (χ0n) is 20.3. The Kier molecular flexibility index (Phi) is 14.4. The molecule has 0 heterocycles. The van der Waals surface area contributed by atoms with Crippen LogP contribution in [0.4, 0.5) is 5.69 Å². The van der Waals surface area contributed by atoms with Gasteiger partial charge in [0, 0.05) is 12.2 Å². The van der Waals surface area contributed by atoms with Gasteiger partial charge in [-0.2, -0.15) is 0 Å². The molecule has 0 bridgehead atoms. The zero-order valence-corrected chi connectivity index (χ0v) is 20.3.